The van der Waals surface area contributed by atoms with Crippen LogP contribution in [-0.2, 0) is 4.74 Å². The molecule has 1 aliphatic heterocycles. The molecule has 1 aliphatic rings. The van der Waals surface area contributed by atoms with Crippen molar-refractivity contribution in [3.63, 3.8) is 0 Å². The second-order valence-electron chi connectivity index (χ2n) is 6.08. The molecule has 2 aromatic rings. The number of benzene rings is 1. The Morgan fingerprint density at radius 1 is 1.20 bits per heavy atom. The van der Waals surface area contributed by atoms with Crippen molar-refractivity contribution in [2.45, 2.75) is 26.1 Å². The van der Waals surface area contributed by atoms with Crippen molar-refractivity contribution < 1.29 is 19.0 Å². The van der Waals surface area contributed by atoms with Gasteiger partial charge in [0.1, 0.15) is 10.7 Å². The minimum atomic E-state index is -0.0509. The first-order chi connectivity index (χ1) is 12.0. The number of thiazole rings is 1. The highest BCUT2D eigenvalue weighted by molar-refractivity contribution is 7.13. The molecule has 0 bridgehead atoms. The smallest absolute Gasteiger partial charge is 0.273 e. The van der Waals surface area contributed by atoms with Gasteiger partial charge in [0, 0.05) is 24.0 Å². The van der Waals surface area contributed by atoms with Gasteiger partial charge in [0.05, 0.1) is 26.4 Å². The number of morpholine rings is 1. The average molecular weight is 362 g/mol. The summed E-state index contributed by atoms with van der Waals surface area (Å²) >= 11 is 1.44. The van der Waals surface area contributed by atoms with Crippen LogP contribution in [0.1, 0.15) is 24.3 Å². The number of hydrogen-bond acceptors (Lipinski definition) is 6. The molecule has 2 heterocycles. The van der Waals surface area contributed by atoms with Crippen molar-refractivity contribution in [3.8, 4) is 22.1 Å². The second kappa shape index (κ2) is 7.41. The number of hydrogen-bond donors (Lipinski definition) is 0. The highest BCUT2D eigenvalue weighted by atomic mass is 32.1. The lowest BCUT2D eigenvalue weighted by molar-refractivity contribution is -0.0587. The Bertz CT molecular complexity index is 751. The summed E-state index contributed by atoms with van der Waals surface area (Å²) in [6.07, 6.45) is 0.0771. The van der Waals surface area contributed by atoms with Crippen LogP contribution < -0.4 is 9.47 Å². The Kier molecular flexibility index (Phi) is 5.24. The van der Waals surface area contributed by atoms with Gasteiger partial charge in [0.25, 0.3) is 5.91 Å². The summed E-state index contributed by atoms with van der Waals surface area (Å²) in [4.78, 5) is 19.1. The van der Waals surface area contributed by atoms with Crippen molar-refractivity contribution in [1.82, 2.24) is 9.88 Å². The van der Waals surface area contributed by atoms with E-state index in [0.717, 1.165) is 10.6 Å². The summed E-state index contributed by atoms with van der Waals surface area (Å²) < 4.78 is 16.3. The maximum atomic E-state index is 12.7. The number of methoxy groups -OCH3 is 2. The van der Waals surface area contributed by atoms with Gasteiger partial charge in [-0.05, 0) is 32.0 Å². The molecule has 2 atom stereocenters. The first-order valence-electron chi connectivity index (χ1n) is 8.14. The minimum Gasteiger partial charge on any atom is -0.493 e. The van der Waals surface area contributed by atoms with E-state index in [2.05, 4.69) is 4.98 Å². The molecule has 1 fully saturated rings. The fourth-order valence-electron chi connectivity index (χ4n) is 2.98. The highest BCUT2D eigenvalue weighted by Gasteiger charge is 2.28. The van der Waals surface area contributed by atoms with E-state index in [-0.39, 0.29) is 18.1 Å². The van der Waals surface area contributed by atoms with E-state index in [0.29, 0.717) is 30.3 Å². The van der Waals surface area contributed by atoms with Crippen LogP contribution in [0.2, 0.25) is 0 Å². The van der Waals surface area contributed by atoms with Crippen molar-refractivity contribution >= 4 is 17.2 Å². The summed E-state index contributed by atoms with van der Waals surface area (Å²) in [5.74, 6) is 1.25. The van der Waals surface area contributed by atoms with Crippen LogP contribution in [0.5, 0.6) is 11.5 Å². The molecule has 134 valence electrons. The van der Waals surface area contributed by atoms with Gasteiger partial charge < -0.3 is 19.1 Å². The third-order valence-corrected chi connectivity index (χ3v) is 4.95. The van der Waals surface area contributed by atoms with E-state index >= 15 is 0 Å². The van der Waals surface area contributed by atoms with Crippen molar-refractivity contribution in [3.05, 3.63) is 29.3 Å². The Morgan fingerprint density at radius 3 is 2.52 bits per heavy atom. The van der Waals surface area contributed by atoms with Crippen LogP contribution in [0.3, 0.4) is 0 Å². The van der Waals surface area contributed by atoms with Gasteiger partial charge in [-0.15, -0.1) is 11.3 Å². The van der Waals surface area contributed by atoms with Crippen LogP contribution in [-0.4, -0.2) is 55.3 Å². The monoisotopic (exact) mass is 362 g/mol. The number of rotatable bonds is 4. The van der Waals surface area contributed by atoms with Gasteiger partial charge in [-0.25, -0.2) is 4.98 Å². The van der Waals surface area contributed by atoms with Crippen LogP contribution in [0.25, 0.3) is 10.6 Å². The lowest BCUT2D eigenvalue weighted by atomic mass is 10.2. The molecule has 0 aliphatic carbocycles. The predicted molar refractivity (Wildman–Crippen MR) is 96.6 cm³/mol. The first kappa shape index (κ1) is 17.7. The summed E-state index contributed by atoms with van der Waals surface area (Å²) in [6.45, 7) is 5.14. The van der Waals surface area contributed by atoms with Gasteiger partial charge in [0.2, 0.25) is 0 Å². The lowest BCUT2D eigenvalue weighted by Gasteiger charge is -2.34. The molecule has 1 amide bonds. The summed E-state index contributed by atoms with van der Waals surface area (Å²) in [5, 5.41) is 2.58. The minimum absolute atomic E-state index is 0.0386. The van der Waals surface area contributed by atoms with Crippen LogP contribution in [0, 0.1) is 0 Å². The Hall–Kier alpha value is -2.12. The van der Waals surface area contributed by atoms with Gasteiger partial charge in [-0.2, -0.15) is 0 Å². The fourth-order valence-corrected chi connectivity index (χ4v) is 3.77. The number of nitrogens with zero attached hydrogens (tertiary/aromatic N) is 2. The van der Waals surface area contributed by atoms with Crippen LogP contribution in [0.4, 0.5) is 0 Å². The number of aromatic nitrogens is 1. The maximum Gasteiger partial charge on any atom is 0.273 e. The number of amides is 1. The zero-order valence-electron chi connectivity index (χ0n) is 14.8. The van der Waals surface area contributed by atoms with Gasteiger partial charge >= 0.3 is 0 Å². The normalized spacial score (nSPS) is 20.4. The highest BCUT2D eigenvalue weighted by Crippen LogP contribution is 2.33. The number of ether oxygens (including phenoxy) is 3. The predicted octanol–water partition coefficient (Wildman–Crippen LogP) is 3.08. The van der Waals surface area contributed by atoms with Gasteiger partial charge in [0.15, 0.2) is 11.5 Å². The molecule has 0 N–H and O–H groups in total. The molecule has 1 saturated heterocycles. The Labute approximate surface area is 151 Å². The summed E-state index contributed by atoms with van der Waals surface area (Å²) in [6, 6.07) is 5.61. The Balaban J connectivity index is 1.81. The molecule has 1 aromatic heterocycles. The number of carbonyl (C=O) groups excluding carboxylic acids is 1. The number of carbonyl (C=O) groups is 1. The van der Waals surface area contributed by atoms with Gasteiger partial charge in [-0.3, -0.25) is 4.79 Å². The fraction of sp³-hybridized carbons (Fsp3) is 0.444. The molecule has 0 saturated carbocycles. The van der Waals surface area contributed by atoms with E-state index in [1.807, 2.05) is 36.9 Å². The maximum absolute atomic E-state index is 12.7. The molecule has 7 heteroatoms. The van der Waals surface area contributed by atoms with Gasteiger partial charge in [-0.1, -0.05) is 0 Å². The van der Waals surface area contributed by atoms with Crippen LogP contribution in [0.15, 0.2) is 23.6 Å². The van der Waals surface area contributed by atoms with E-state index in [4.69, 9.17) is 14.2 Å². The quantitative estimate of drug-likeness (QED) is 0.836. The molecular weight excluding hydrogens is 340 g/mol. The van der Waals surface area contributed by atoms with Crippen molar-refractivity contribution in [1.29, 1.82) is 0 Å². The lowest BCUT2D eigenvalue weighted by Crippen LogP contribution is -2.48. The molecule has 0 radical (unpaired) electrons. The largest absolute Gasteiger partial charge is 0.493 e. The zero-order valence-corrected chi connectivity index (χ0v) is 15.6. The molecule has 3 rings (SSSR count). The molecule has 0 unspecified atom stereocenters. The summed E-state index contributed by atoms with van der Waals surface area (Å²) in [7, 11) is 3.20. The average Bonchev–Trinajstić information content (AvgIpc) is 3.09. The van der Waals surface area contributed by atoms with E-state index < -0.39 is 0 Å². The summed E-state index contributed by atoms with van der Waals surface area (Å²) in [5.41, 5.74) is 1.36. The zero-order chi connectivity index (χ0) is 18.0. The molecular formula is C18H22N2O4S. The van der Waals surface area contributed by atoms with E-state index in [1.54, 1.807) is 19.6 Å². The standard InChI is InChI=1S/C18H22N2O4S/c1-11-8-20(9-12(2)24-11)18(21)14-10-25-17(19-14)13-5-6-15(22-3)16(7-13)23-4/h5-7,10-12H,8-9H2,1-4H3/t11-,12-/m1/s1. The molecule has 0 spiro atoms. The SMILES string of the molecule is COc1ccc(-c2nc(C(=O)N3C[C@@H](C)O[C@H](C)C3)cs2)cc1OC. The molecule has 6 nitrogen and oxygen atoms in total. The topological polar surface area (TPSA) is 60.9 Å². The third kappa shape index (κ3) is 3.77. The first-order valence-corrected chi connectivity index (χ1v) is 9.02. The second-order valence-corrected chi connectivity index (χ2v) is 6.93. The van der Waals surface area contributed by atoms with Crippen molar-refractivity contribution in [2.75, 3.05) is 27.3 Å². The molecule has 25 heavy (non-hydrogen) atoms. The van der Waals surface area contributed by atoms with E-state index in [9.17, 15) is 4.79 Å². The van der Waals surface area contributed by atoms with Crippen molar-refractivity contribution in [2.24, 2.45) is 0 Å². The molecule has 1 aromatic carbocycles. The third-order valence-electron chi connectivity index (χ3n) is 4.06. The van der Waals surface area contributed by atoms with E-state index in [1.165, 1.54) is 11.3 Å². The van der Waals surface area contributed by atoms with Crippen LogP contribution >= 0.6 is 11.3 Å². The Morgan fingerprint density at radius 2 is 1.88 bits per heavy atom.